The number of nitrogens with zero attached hydrogens (tertiary/aromatic N) is 4. The zero-order chi connectivity index (χ0) is 42.8. The van der Waals surface area contributed by atoms with Crippen molar-refractivity contribution in [2.75, 3.05) is 65.1 Å². The molecule has 12 nitrogen and oxygen atoms in total. The van der Waals surface area contributed by atoms with Crippen molar-refractivity contribution < 1.29 is 28.7 Å². The highest BCUT2D eigenvalue weighted by Gasteiger charge is 2.42. The first kappa shape index (κ1) is 43.6. The predicted molar refractivity (Wildman–Crippen MR) is 237 cm³/mol. The highest BCUT2D eigenvalue weighted by atomic mass is 16.5. The quantitative estimate of drug-likeness (QED) is 0.116. The number of nitrogens with one attached hydrogen (secondary N) is 2. The number of ether oxygens (including phenoxy) is 2. The van der Waals surface area contributed by atoms with Gasteiger partial charge in [-0.05, 0) is 114 Å². The lowest BCUT2D eigenvalue weighted by Gasteiger charge is -2.25. The number of anilines is 2. The van der Waals surface area contributed by atoms with Crippen LogP contribution in [0.15, 0.2) is 97.1 Å². The predicted octanol–water partition coefficient (Wildman–Crippen LogP) is 7.00. The van der Waals surface area contributed by atoms with Crippen LogP contribution in [0.25, 0.3) is 12.2 Å². The van der Waals surface area contributed by atoms with E-state index < -0.39 is 12.1 Å². The van der Waals surface area contributed by atoms with Gasteiger partial charge in [-0.2, -0.15) is 0 Å². The van der Waals surface area contributed by atoms with Gasteiger partial charge in [0, 0.05) is 36.5 Å². The molecule has 2 aliphatic heterocycles. The molecule has 0 aliphatic carbocycles. The molecule has 2 saturated heterocycles. The maximum atomic E-state index is 13.9. The van der Waals surface area contributed by atoms with Crippen LogP contribution in [0.5, 0.6) is 11.5 Å². The van der Waals surface area contributed by atoms with Crippen LogP contribution in [-0.4, -0.2) is 122 Å². The van der Waals surface area contributed by atoms with E-state index in [4.69, 9.17) is 9.47 Å². The van der Waals surface area contributed by atoms with Crippen LogP contribution in [0.4, 0.5) is 11.4 Å². The molecule has 2 N–H and O–H groups in total. The van der Waals surface area contributed by atoms with Gasteiger partial charge in [-0.1, -0.05) is 74.5 Å². The van der Waals surface area contributed by atoms with Crippen LogP contribution >= 0.6 is 0 Å². The Morgan fingerprint density at radius 1 is 0.583 bits per heavy atom. The van der Waals surface area contributed by atoms with Crippen LogP contribution < -0.4 is 20.1 Å². The number of carbonyl (C=O) groups excluding carboxylic acids is 4. The number of likely N-dealkylation sites (N-methyl/N-ethyl adjacent to an activating group) is 2. The smallest absolute Gasteiger partial charge is 0.258 e. The Kier molecular flexibility index (Phi) is 14.8. The molecule has 4 aromatic carbocycles. The summed E-state index contributed by atoms with van der Waals surface area (Å²) in [4.78, 5) is 62.6. The molecule has 0 radical (unpaired) electrons. The maximum absolute atomic E-state index is 13.9. The number of hydrogen-bond acceptors (Lipinski definition) is 8. The Morgan fingerprint density at radius 2 is 0.950 bits per heavy atom. The first-order valence-electron chi connectivity index (χ1n) is 20.9. The van der Waals surface area contributed by atoms with E-state index in [0.717, 1.165) is 24.0 Å². The number of benzene rings is 4. The van der Waals surface area contributed by atoms with E-state index in [1.807, 2.05) is 127 Å². The average molecular weight is 815 g/mol. The first-order chi connectivity index (χ1) is 29.0. The van der Waals surface area contributed by atoms with Gasteiger partial charge in [0.05, 0.1) is 24.3 Å². The maximum Gasteiger partial charge on any atom is 0.258 e. The van der Waals surface area contributed by atoms with Crippen molar-refractivity contribution in [3.63, 3.8) is 0 Å². The average Bonchev–Trinajstić information content (AvgIpc) is 3.92. The third-order valence-electron chi connectivity index (χ3n) is 11.1. The molecule has 0 unspecified atom stereocenters. The number of likely N-dealkylation sites (tertiary alicyclic amines) is 2. The molecule has 4 atom stereocenters. The number of rotatable bonds is 16. The van der Waals surface area contributed by atoms with Crippen molar-refractivity contribution in [2.45, 2.75) is 63.7 Å². The fourth-order valence-electron chi connectivity index (χ4n) is 7.59. The van der Waals surface area contributed by atoms with Crippen LogP contribution in [0.3, 0.4) is 0 Å². The number of carbonyl (C=O) groups is 4. The monoisotopic (exact) mass is 814 g/mol. The number of amides is 4. The lowest BCUT2D eigenvalue weighted by molar-refractivity contribution is -0.120. The molecule has 2 aliphatic rings. The Hall–Kier alpha value is -5.98. The molecule has 0 spiro atoms. The van der Waals surface area contributed by atoms with E-state index in [1.54, 1.807) is 34.1 Å². The van der Waals surface area contributed by atoms with Gasteiger partial charge in [-0.3, -0.25) is 19.2 Å². The van der Waals surface area contributed by atoms with Crippen molar-refractivity contribution in [2.24, 2.45) is 0 Å². The fraction of sp³-hybridized carbons (Fsp3) is 0.375. The van der Waals surface area contributed by atoms with Crippen LogP contribution in [0, 0.1) is 0 Å². The summed E-state index contributed by atoms with van der Waals surface area (Å²) in [7, 11) is 7.86. The summed E-state index contributed by atoms with van der Waals surface area (Å²) in [6.45, 7) is 5.91. The molecule has 316 valence electrons. The molecular formula is C48H58N6O6. The SMILES string of the molecule is CCCOc1ccccc1C(=O)N1C[C@@H](N(C)C)C[C@H]1C(=O)Nc1ccc(C=Cc2ccc(NC(=O)[C@@H]3C[C@H](N(C)C)CN3C(=O)c3ccccc3OCCC)cc2)cc1. The molecule has 6 rings (SSSR count). The molecule has 2 fully saturated rings. The summed E-state index contributed by atoms with van der Waals surface area (Å²) in [5, 5.41) is 6.07. The minimum absolute atomic E-state index is 0.0371. The summed E-state index contributed by atoms with van der Waals surface area (Å²) >= 11 is 0. The van der Waals surface area contributed by atoms with Gasteiger partial charge in [-0.25, -0.2) is 0 Å². The van der Waals surface area contributed by atoms with Crippen molar-refractivity contribution in [3.8, 4) is 11.5 Å². The molecule has 4 aromatic rings. The molecule has 2 heterocycles. The lowest BCUT2D eigenvalue weighted by atomic mass is 10.1. The van der Waals surface area contributed by atoms with Gasteiger partial charge >= 0.3 is 0 Å². The highest BCUT2D eigenvalue weighted by molar-refractivity contribution is 6.04. The summed E-state index contributed by atoms with van der Waals surface area (Å²) in [6.07, 6.45) is 6.62. The Morgan fingerprint density at radius 3 is 1.30 bits per heavy atom. The molecule has 4 amide bonds. The van der Waals surface area contributed by atoms with Gasteiger partial charge < -0.3 is 39.7 Å². The molecule has 12 heteroatoms. The summed E-state index contributed by atoms with van der Waals surface area (Å²) in [5.74, 6) is 0.146. The van der Waals surface area contributed by atoms with Crippen molar-refractivity contribution in [3.05, 3.63) is 119 Å². The highest BCUT2D eigenvalue weighted by Crippen LogP contribution is 2.30. The molecule has 0 aromatic heterocycles. The van der Waals surface area contributed by atoms with Gasteiger partial charge in [0.15, 0.2) is 0 Å². The Labute approximate surface area is 354 Å². The Balaban J connectivity index is 1.06. The van der Waals surface area contributed by atoms with E-state index >= 15 is 0 Å². The second kappa shape index (κ2) is 20.3. The first-order valence-corrected chi connectivity index (χ1v) is 20.9. The van der Waals surface area contributed by atoms with Crippen molar-refractivity contribution in [1.82, 2.24) is 19.6 Å². The summed E-state index contributed by atoms with van der Waals surface area (Å²) in [5.41, 5.74) is 4.05. The van der Waals surface area contributed by atoms with E-state index in [0.29, 0.717) is 73.1 Å². The third kappa shape index (κ3) is 10.6. The second-order valence-corrected chi connectivity index (χ2v) is 15.9. The van der Waals surface area contributed by atoms with Crippen molar-refractivity contribution >= 4 is 47.2 Å². The summed E-state index contributed by atoms with van der Waals surface area (Å²) in [6, 6.07) is 28.3. The minimum Gasteiger partial charge on any atom is -0.493 e. The molecule has 0 bridgehead atoms. The van der Waals surface area contributed by atoms with Crippen LogP contribution in [0.1, 0.15) is 71.4 Å². The normalized spacial score (nSPS) is 18.9. The second-order valence-electron chi connectivity index (χ2n) is 15.9. The molecule has 0 saturated carbocycles. The topological polar surface area (TPSA) is 124 Å². The molecular weight excluding hydrogens is 757 g/mol. The number of hydrogen-bond donors (Lipinski definition) is 2. The van der Waals surface area contributed by atoms with Gasteiger partial charge in [0.25, 0.3) is 11.8 Å². The molecule has 60 heavy (non-hydrogen) atoms. The van der Waals surface area contributed by atoms with Crippen LogP contribution in [-0.2, 0) is 9.59 Å². The third-order valence-corrected chi connectivity index (χ3v) is 11.1. The lowest BCUT2D eigenvalue weighted by Crippen LogP contribution is -2.43. The van der Waals surface area contributed by atoms with E-state index in [2.05, 4.69) is 20.4 Å². The zero-order valence-corrected chi connectivity index (χ0v) is 35.6. The van der Waals surface area contributed by atoms with Gasteiger partial charge in [-0.15, -0.1) is 0 Å². The zero-order valence-electron chi connectivity index (χ0n) is 35.6. The Bertz CT molecular complexity index is 1980. The van der Waals surface area contributed by atoms with Crippen molar-refractivity contribution in [1.29, 1.82) is 0 Å². The van der Waals surface area contributed by atoms with E-state index in [9.17, 15) is 19.2 Å². The van der Waals surface area contributed by atoms with Crippen LogP contribution in [0.2, 0.25) is 0 Å². The standard InChI is InChI=1S/C48H58N6O6/c1-7-27-59-43-15-11-9-13-39(43)47(57)53-31-37(51(3)4)29-41(53)45(55)49-35-23-19-33(20-24-35)17-18-34-21-25-36(26-22-34)50-46(56)42-30-38(52(5)6)32-54(42)48(58)40-14-10-12-16-44(40)60-28-8-2/h9-26,37-38,41-42H,7-8,27-32H2,1-6H3,(H,49,55)(H,50,56)/t37-,38-,41-,42-/m0/s1. The van der Waals surface area contributed by atoms with E-state index in [-0.39, 0.29) is 35.7 Å². The summed E-state index contributed by atoms with van der Waals surface area (Å²) < 4.78 is 11.8. The van der Waals surface area contributed by atoms with Gasteiger partial charge in [0.2, 0.25) is 11.8 Å². The number of para-hydroxylation sites is 2. The largest absolute Gasteiger partial charge is 0.493 e. The fourth-order valence-corrected chi connectivity index (χ4v) is 7.59. The van der Waals surface area contributed by atoms with Gasteiger partial charge in [0.1, 0.15) is 23.6 Å². The van der Waals surface area contributed by atoms with E-state index in [1.165, 1.54) is 0 Å². The minimum atomic E-state index is -0.640.